The molecule has 3 aliphatic heterocycles. The van der Waals surface area contributed by atoms with Crippen LogP contribution in [0.1, 0.15) is 20.3 Å². The Balaban J connectivity index is 1.56. The maximum absolute atomic E-state index is 4.72. The van der Waals surface area contributed by atoms with Crippen molar-refractivity contribution in [2.24, 2.45) is 0 Å². The van der Waals surface area contributed by atoms with Crippen LogP contribution in [0.4, 0.5) is 17.2 Å². The smallest absolute Gasteiger partial charge is 0.153 e. The highest BCUT2D eigenvalue weighted by Crippen LogP contribution is 2.37. The van der Waals surface area contributed by atoms with Gasteiger partial charge in [0.1, 0.15) is 6.17 Å². The van der Waals surface area contributed by atoms with E-state index in [1.54, 1.807) is 0 Å². The molecule has 3 aliphatic rings. The molecule has 5 nitrogen and oxygen atoms in total. The average Bonchev–Trinajstić information content (AvgIpc) is 2.73. The predicted octanol–water partition coefficient (Wildman–Crippen LogP) is 1.57. The molecule has 1 aromatic rings. The number of piperazine rings is 1. The first-order valence-corrected chi connectivity index (χ1v) is 7.74. The van der Waals surface area contributed by atoms with Crippen LogP contribution in [0.15, 0.2) is 12.3 Å². The topological polar surface area (TPSA) is 34.6 Å². The number of fused-ring (bicyclic) bond motifs is 3. The molecule has 0 aliphatic carbocycles. The molecule has 5 heteroatoms. The molecule has 2 fully saturated rings. The fraction of sp³-hybridized carbons (Fsp3) is 0.667. The molecule has 108 valence electrons. The van der Waals surface area contributed by atoms with E-state index < -0.39 is 0 Å². The SMILES string of the molecule is CC(C)N1CCN2c3ncc(N4CCC4)cc3NC2C1. The molecule has 20 heavy (non-hydrogen) atoms. The third-order valence-electron chi connectivity index (χ3n) is 4.81. The van der Waals surface area contributed by atoms with Gasteiger partial charge in [-0.3, -0.25) is 4.90 Å². The van der Waals surface area contributed by atoms with Crippen molar-refractivity contribution in [2.75, 3.05) is 47.8 Å². The van der Waals surface area contributed by atoms with Gasteiger partial charge >= 0.3 is 0 Å². The molecule has 4 heterocycles. The highest BCUT2D eigenvalue weighted by atomic mass is 15.4. The summed E-state index contributed by atoms with van der Waals surface area (Å²) in [5, 5.41) is 3.66. The molecular formula is C15H23N5. The molecule has 2 saturated heterocycles. The molecule has 0 aromatic carbocycles. The van der Waals surface area contributed by atoms with Crippen LogP contribution in [-0.4, -0.2) is 54.8 Å². The first kappa shape index (κ1) is 12.3. The summed E-state index contributed by atoms with van der Waals surface area (Å²) in [6.45, 7) is 10.2. The number of hydrogen-bond acceptors (Lipinski definition) is 5. The van der Waals surface area contributed by atoms with Crippen molar-refractivity contribution in [1.29, 1.82) is 0 Å². The van der Waals surface area contributed by atoms with Gasteiger partial charge in [-0.05, 0) is 26.3 Å². The molecule has 4 rings (SSSR count). The molecule has 1 atom stereocenters. The molecule has 0 saturated carbocycles. The fourth-order valence-corrected chi connectivity index (χ4v) is 3.36. The molecular weight excluding hydrogens is 250 g/mol. The summed E-state index contributed by atoms with van der Waals surface area (Å²) in [5.41, 5.74) is 2.48. The molecule has 0 bridgehead atoms. The van der Waals surface area contributed by atoms with E-state index in [0.29, 0.717) is 12.2 Å². The van der Waals surface area contributed by atoms with Crippen molar-refractivity contribution in [3.05, 3.63) is 12.3 Å². The van der Waals surface area contributed by atoms with E-state index in [1.165, 1.54) is 30.9 Å². The summed E-state index contributed by atoms with van der Waals surface area (Å²) >= 11 is 0. The fourth-order valence-electron chi connectivity index (χ4n) is 3.36. The largest absolute Gasteiger partial charge is 0.370 e. The van der Waals surface area contributed by atoms with Gasteiger partial charge < -0.3 is 15.1 Å². The van der Waals surface area contributed by atoms with Crippen molar-refractivity contribution in [3.8, 4) is 0 Å². The van der Waals surface area contributed by atoms with Crippen molar-refractivity contribution >= 4 is 17.2 Å². The zero-order valence-electron chi connectivity index (χ0n) is 12.3. The average molecular weight is 273 g/mol. The van der Waals surface area contributed by atoms with E-state index in [9.17, 15) is 0 Å². The minimum Gasteiger partial charge on any atom is -0.370 e. The normalized spacial score (nSPS) is 25.2. The van der Waals surface area contributed by atoms with Gasteiger partial charge in [-0.1, -0.05) is 0 Å². The summed E-state index contributed by atoms with van der Waals surface area (Å²) < 4.78 is 0. The van der Waals surface area contributed by atoms with Gasteiger partial charge in [-0.25, -0.2) is 4.98 Å². The first-order valence-electron chi connectivity index (χ1n) is 7.74. The maximum atomic E-state index is 4.72. The molecule has 0 radical (unpaired) electrons. The third kappa shape index (κ3) is 1.84. The highest BCUT2D eigenvalue weighted by molar-refractivity contribution is 5.76. The standard InChI is InChI=1S/C15H23N5/c1-11(2)19-6-7-20-14(10-19)17-13-8-12(9-16-15(13)20)18-4-3-5-18/h8-9,11,14,17H,3-7,10H2,1-2H3. The molecule has 0 spiro atoms. The van der Waals surface area contributed by atoms with E-state index >= 15 is 0 Å². The number of anilines is 3. The Kier molecular flexibility index (Phi) is 2.77. The summed E-state index contributed by atoms with van der Waals surface area (Å²) in [7, 11) is 0. The van der Waals surface area contributed by atoms with Crippen molar-refractivity contribution in [1.82, 2.24) is 9.88 Å². The van der Waals surface area contributed by atoms with Gasteiger partial charge in [-0.2, -0.15) is 0 Å². The lowest BCUT2D eigenvalue weighted by molar-refractivity contribution is 0.190. The number of nitrogens with zero attached hydrogens (tertiary/aromatic N) is 4. The Hall–Kier alpha value is -1.49. The number of nitrogens with one attached hydrogen (secondary N) is 1. The van der Waals surface area contributed by atoms with E-state index in [4.69, 9.17) is 4.98 Å². The quantitative estimate of drug-likeness (QED) is 0.885. The Bertz CT molecular complexity index is 511. The van der Waals surface area contributed by atoms with Crippen molar-refractivity contribution in [2.45, 2.75) is 32.5 Å². The lowest BCUT2D eigenvalue weighted by Crippen LogP contribution is -2.55. The van der Waals surface area contributed by atoms with Crippen LogP contribution >= 0.6 is 0 Å². The number of aromatic nitrogens is 1. The first-order chi connectivity index (χ1) is 9.72. The van der Waals surface area contributed by atoms with Crippen LogP contribution in [0.5, 0.6) is 0 Å². The zero-order valence-corrected chi connectivity index (χ0v) is 12.3. The minimum absolute atomic E-state index is 0.389. The van der Waals surface area contributed by atoms with Gasteiger partial charge in [0.25, 0.3) is 0 Å². The zero-order chi connectivity index (χ0) is 13.7. The van der Waals surface area contributed by atoms with Gasteiger partial charge in [0, 0.05) is 38.8 Å². The Morgan fingerprint density at radius 1 is 1.25 bits per heavy atom. The summed E-state index contributed by atoms with van der Waals surface area (Å²) in [4.78, 5) is 12.1. The van der Waals surface area contributed by atoms with Crippen molar-refractivity contribution < 1.29 is 0 Å². The summed E-state index contributed by atoms with van der Waals surface area (Å²) in [5.74, 6) is 1.14. The molecule has 1 aromatic heterocycles. The Morgan fingerprint density at radius 2 is 2.10 bits per heavy atom. The van der Waals surface area contributed by atoms with Crippen LogP contribution in [0.25, 0.3) is 0 Å². The van der Waals surface area contributed by atoms with Crippen LogP contribution in [0.3, 0.4) is 0 Å². The van der Waals surface area contributed by atoms with E-state index in [-0.39, 0.29) is 0 Å². The van der Waals surface area contributed by atoms with Crippen LogP contribution in [0, 0.1) is 0 Å². The van der Waals surface area contributed by atoms with E-state index in [1.807, 2.05) is 6.20 Å². The maximum Gasteiger partial charge on any atom is 0.153 e. The molecule has 1 N–H and O–H groups in total. The lowest BCUT2D eigenvalue weighted by Gasteiger charge is -2.39. The van der Waals surface area contributed by atoms with Gasteiger partial charge in [0.05, 0.1) is 17.6 Å². The highest BCUT2D eigenvalue weighted by Gasteiger charge is 2.35. The summed E-state index contributed by atoms with van der Waals surface area (Å²) in [6.07, 6.45) is 3.74. The van der Waals surface area contributed by atoms with Gasteiger partial charge in [0.2, 0.25) is 0 Å². The number of hydrogen-bond donors (Lipinski definition) is 1. The van der Waals surface area contributed by atoms with Crippen LogP contribution in [-0.2, 0) is 0 Å². The minimum atomic E-state index is 0.389. The van der Waals surface area contributed by atoms with E-state index in [2.05, 4.69) is 39.9 Å². The predicted molar refractivity (Wildman–Crippen MR) is 82.5 cm³/mol. The second kappa shape index (κ2) is 4.52. The van der Waals surface area contributed by atoms with Gasteiger partial charge in [0.15, 0.2) is 5.82 Å². The third-order valence-corrected chi connectivity index (χ3v) is 4.81. The van der Waals surface area contributed by atoms with Crippen LogP contribution in [0.2, 0.25) is 0 Å². The lowest BCUT2D eigenvalue weighted by atomic mass is 10.2. The second-order valence-corrected chi connectivity index (χ2v) is 6.35. The summed E-state index contributed by atoms with van der Waals surface area (Å²) in [6, 6.07) is 2.90. The number of rotatable bonds is 2. The molecule has 0 amide bonds. The molecule has 1 unspecified atom stereocenters. The Morgan fingerprint density at radius 3 is 2.80 bits per heavy atom. The Labute approximate surface area is 120 Å². The number of pyridine rings is 1. The van der Waals surface area contributed by atoms with Crippen LogP contribution < -0.4 is 15.1 Å². The van der Waals surface area contributed by atoms with Gasteiger partial charge in [-0.15, -0.1) is 0 Å². The second-order valence-electron chi connectivity index (χ2n) is 6.35. The monoisotopic (exact) mass is 273 g/mol. The van der Waals surface area contributed by atoms with Crippen molar-refractivity contribution in [3.63, 3.8) is 0 Å². The van der Waals surface area contributed by atoms with E-state index in [0.717, 1.165) is 25.5 Å².